The Hall–Kier alpha value is -2.05. The van der Waals surface area contributed by atoms with Crippen LogP contribution in [-0.2, 0) is 4.79 Å². The Morgan fingerprint density at radius 2 is 1.69 bits per heavy atom. The van der Waals surface area contributed by atoms with Gasteiger partial charge in [-0.05, 0) is 68.4 Å². The van der Waals surface area contributed by atoms with Crippen LogP contribution in [0.25, 0.3) is 0 Å². The highest BCUT2D eigenvalue weighted by molar-refractivity contribution is 5.92. The van der Waals surface area contributed by atoms with Gasteiger partial charge in [0.25, 0.3) is 11.8 Å². The number of amides is 2. The van der Waals surface area contributed by atoms with E-state index in [0.29, 0.717) is 23.4 Å². The summed E-state index contributed by atoms with van der Waals surface area (Å²) < 4.78 is 26.3. The van der Waals surface area contributed by atoms with Crippen LogP contribution in [0.4, 0.5) is 8.78 Å². The number of hydrogen-bond acceptors (Lipinski definition) is 3. The molecule has 4 saturated carbocycles. The number of hydrogen-bond donors (Lipinski definition) is 2. The number of pyridine rings is 1. The summed E-state index contributed by atoms with van der Waals surface area (Å²) in [7, 11) is 0. The van der Waals surface area contributed by atoms with Crippen molar-refractivity contribution in [2.45, 2.75) is 69.4 Å². The fourth-order valence-corrected chi connectivity index (χ4v) is 6.50. The van der Waals surface area contributed by atoms with Crippen LogP contribution in [0, 0.1) is 23.2 Å². The Bertz CT molecular complexity index is 806. The van der Waals surface area contributed by atoms with Crippen LogP contribution in [0.15, 0.2) is 24.4 Å². The molecule has 1 aromatic heterocycles. The fraction of sp³-hybridized carbons (Fsp3) is 0.682. The highest BCUT2D eigenvalue weighted by atomic mass is 19.3. The zero-order valence-corrected chi connectivity index (χ0v) is 16.4. The lowest BCUT2D eigenvalue weighted by Gasteiger charge is -2.41. The second kappa shape index (κ2) is 6.74. The predicted octanol–water partition coefficient (Wildman–Crippen LogP) is 3.31. The van der Waals surface area contributed by atoms with Crippen LogP contribution < -0.4 is 10.6 Å². The highest BCUT2D eigenvalue weighted by Gasteiger charge is 2.57. The molecule has 5 atom stereocenters. The first kappa shape index (κ1) is 18.9. The average Bonchev–Trinajstić information content (AvgIpc) is 2.84. The zero-order chi connectivity index (χ0) is 20.2. The smallest absolute Gasteiger partial charge is 0.270 e. The van der Waals surface area contributed by atoms with E-state index in [9.17, 15) is 18.4 Å². The van der Waals surface area contributed by atoms with E-state index in [1.54, 1.807) is 24.4 Å². The van der Waals surface area contributed by atoms with Gasteiger partial charge >= 0.3 is 0 Å². The van der Waals surface area contributed by atoms with Crippen molar-refractivity contribution < 1.29 is 18.4 Å². The van der Waals surface area contributed by atoms with Crippen LogP contribution in [0.1, 0.15) is 61.9 Å². The molecule has 4 aliphatic carbocycles. The van der Waals surface area contributed by atoms with Crippen molar-refractivity contribution in [1.82, 2.24) is 15.6 Å². The molecule has 0 aliphatic heterocycles. The minimum Gasteiger partial charge on any atom is -0.352 e. The molecule has 29 heavy (non-hydrogen) atoms. The monoisotopic (exact) mass is 403 g/mol. The second-order valence-electron chi connectivity index (χ2n) is 9.81. The number of nitrogens with zero attached hydrogens (tertiary/aromatic N) is 1. The number of nitrogens with one attached hydrogen (secondary N) is 2. The third-order valence-electron chi connectivity index (χ3n) is 7.63. The van der Waals surface area contributed by atoms with Gasteiger partial charge in [0.15, 0.2) is 0 Å². The van der Waals surface area contributed by atoms with E-state index >= 15 is 0 Å². The van der Waals surface area contributed by atoms with Gasteiger partial charge in [0.2, 0.25) is 5.91 Å². The molecule has 0 radical (unpaired) electrons. The van der Waals surface area contributed by atoms with Crippen molar-refractivity contribution >= 4 is 11.8 Å². The van der Waals surface area contributed by atoms with Crippen molar-refractivity contribution in [3.05, 3.63) is 30.1 Å². The summed E-state index contributed by atoms with van der Waals surface area (Å²) in [5.41, 5.74) is 0.0402. The highest BCUT2D eigenvalue weighted by Crippen LogP contribution is 2.60. The number of halogens is 2. The Labute approximate surface area is 169 Å². The molecule has 0 saturated heterocycles. The molecular formula is C22H27F2N3O2. The molecule has 2 N–H and O–H groups in total. The lowest BCUT2D eigenvalue weighted by atomic mass is 9.68. The zero-order valence-electron chi connectivity index (χ0n) is 16.4. The summed E-state index contributed by atoms with van der Waals surface area (Å²) in [4.78, 5) is 29.7. The Balaban J connectivity index is 1.24. The first-order chi connectivity index (χ1) is 13.8. The summed E-state index contributed by atoms with van der Waals surface area (Å²) >= 11 is 0. The molecule has 5 unspecified atom stereocenters. The molecule has 5 nitrogen and oxygen atoms in total. The molecule has 7 heteroatoms. The number of carbonyl (C=O) groups is 2. The van der Waals surface area contributed by atoms with Crippen LogP contribution in [0.3, 0.4) is 0 Å². The third-order valence-corrected chi connectivity index (χ3v) is 7.63. The first-order valence-corrected chi connectivity index (χ1v) is 10.7. The predicted molar refractivity (Wildman–Crippen MR) is 102 cm³/mol. The van der Waals surface area contributed by atoms with Crippen LogP contribution >= 0.6 is 0 Å². The van der Waals surface area contributed by atoms with Crippen molar-refractivity contribution in [3.63, 3.8) is 0 Å². The van der Waals surface area contributed by atoms with Gasteiger partial charge in [-0.2, -0.15) is 0 Å². The Kier molecular flexibility index (Phi) is 4.40. The van der Waals surface area contributed by atoms with Crippen LogP contribution in [0.2, 0.25) is 0 Å². The maximum absolute atomic E-state index is 13.1. The number of fused-ring (bicyclic) bond motifs is 2. The molecule has 4 fully saturated rings. The normalized spacial score (nSPS) is 37.4. The maximum atomic E-state index is 13.1. The van der Waals surface area contributed by atoms with E-state index in [0.717, 1.165) is 38.5 Å². The van der Waals surface area contributed by atoms with E-state index in [2.05, 4.69) is 15.6 Å². The van der Waals surface area contributed by atoms with Crippen LogP contribution in [0.5, 0.6) is 0 Å². The van der Waals surface area contributed by atoms with E-state index in [4.69, 9.17) is 0 Å². The molecule has 2 amide bonds. The van der Waals surface area contributed by atoms with Gasteiger partial charge < -0.3 is 10.6 Å². The standard InChI is InChI=1S/C22H27F2N3O2/c23-22(24)11-17(12-22)27-20(29)21-8-13-5-14(9-21)15(10-21)7-16(6-13)26-19(28)18-3-1-2-4-25-18/h1-4,13-17H,5-12H2,(H,26,28)(H,27,29). The van der Waals surface area contributed by atoms with Crippen molar-refractivity contribution in [2.75, 3.05) is 0 Å². The van der Waals surface area contributed by atoms with Gasteiger partial charge in [-0.1, -0.05) is 6.07 Å². The quantitative estimate of drug-likeness (QED) is 0.810. The number of alkyl halides is 2. The van der Waals surface area contributed by atoms with Crippen molar-refractivity contribution in [1.29, 1.82) is 0 Å². The summed E-state index contributed by atoms with van der Waals surface area (Å²) in [5, 5.41) is 6.08. The van der Waals surface area contributed by atoms with E-state index in [1.165, 1.54) is 0 Å². The number of aromatic nitrogens is 1. The minimum absolute atomic E-state index is 0.00817. The molecule has 1 heterocycles. The molecule has 3 bridgehead atoms. The van der Waals surface area contributed by atoms with E-state index in [-0.39, 0.29) is 42.2 Å². The van der Waals surface area contributed by atoms with E-state index < -0.39 is 5.92 Å². The first-order valence-electron chi connectivity index (χ1n) is 10.7. The molecule has 0 spiro atoms. The Morgan fingerprint density at radius 3 is 2.38 bits per heavy atom. The largest absolute Gasteiger partial charge is 0.352 e. The number of rotatable bonds is 4. The summed E-state index contributed by atoms with van der Waals surface area (Å²) in [5.74, 6) is -1.46. The molecule has 156 valence electrons. The van der Waals surface area contributed by atoms with Crippen molar-refractivity contribution in [2.24, 2.45) is 23.2 Å². The summed E-state index contributed by atoms with van der Waals surface area (Å²) in [6.45, 7) is 0. The van der Waals surface area contributed by atoms with Crippen LogP contribution in [-0.4, -0.2) is 34.8 Å². The fourth-order valence-electron chi connectivity index (χ4n) is 6.50. The molecule has 0 aromatic carbocycles. The topological polar surface area (TPSA) is 71.1 Å². The summed E-state index contributed by atoms with van der Waals surface area (Å²) in [6.07, 6.45) is 6.52. The SMILES string of the molecule is O=C(NC1CC2CC3CC(C(=O)NC4CC(F)(F)C4)(C2)CC3C1)c1ccccn1. The minimum atomic E-state index is -2.62. The van der Waals surface area contributed by atoms with Crippen molar-refractivity contribution in [3.8, 4) is 0 Å². The lowest BCUT2D eigenvalue weighted by Crippen LogP contribution is -2.54. The third kappa shape index (κ3) is 3.53. The van der Waals surface area contributed by atoms with Gasteiger partial charge in [-0.15, -0.1) is 0 Å². The van der Waals surface area contributed by atoms with Gasteiger partial charge in [0.1, 0.15) is 5.69 Å². The maximum Gasteiger partial charge on any atom is 0.270 e. The molecule has 1 aromatic rings. The molecule has 5 rings (SSSR count). The van der Waals surface area contributed by atoms with Gasteiger partial charge in [-0.3, -0.25) is 14.6 Å². The molecule has 4 aliphatic rings. The van der Waals surface area contributed by atoms with Gasteiger partial charge in [0.05, 0.1) is 0 Å². The van der Waals surface area contributed by atoms with Gasteiger partial charge in [-0.25, -0.2) is 8.78 Å². The second-order valence-corrected chi connectivity index (χ2v) is 9.81. The average molecular weight is 403 g/mol. The summed E-state index contributed by atoms with van der Waals surface area (Å²) in [6, 6.07) is 5.04. The Morgan fingerprint density at radius 1 is 0.931 bits per heavy atom. The molecular weight excluding hydrogens is 376 g/mol. The number of carbonyl (C=O) groups excluding carboxylic acids is 2. The van der Waals surface area contributed by atoms with Gasteiger partial charge in [0, 0.05) is 36.5 Å². The lowest BCUT2D eigenvalue weighted by molar-refractivity contribution is -0.140. The van der Waals surface area contributed by atoms with E-state index in [1.807, 2.05) is 0 Å².